The summed E-state index contributed by atoms with van der Waals surface area (Å²) in [5.41, 5.74) is 2.91. The van der Waals surface area contributed by atoms with Crippen LogP contribution in [0.4, 0.5) is 11.8 Å². The number of imidazole rings is 1. The zero-order valence-electron chi connectivity index (χ0n) is 22.1. The lowest BCUT2D eigenvalue weighted by Gasteiger charge is -2.37. The first-order chi connectivity index (χ1) is 18.1. The van der Waals surface area contributed by atoms with Gasteiger partial charge < -0.3 is 19.5 Å². The molecule has 37 heavy (non-hydrogen) atoms. The average Bonchev–Trinajstić information content (AvgIpc) is 3.22. The van der Waals surface area contributed by atoms with Gasteiger partial charge in [0.05, 0.1) is 19.3 Å². The number of benzene rings is 1. The Morgan fingerprint density at radius 2 is 1.84 bits per heavy atom. The maximum absolute atomic E-state index is 6.47. The molecule has 2 aromatic heterocycles. The monoisotopic (exact) mass is 522 g/mol. The van der Waals surface area contributed by atoms with E-state index in [2.05, 4.69) is 63.9 Å². The predicted octanol–water partition coefficient (Wildman–Crippen LogP) is 6.48. The lowest BCUT2D eigenvalue weighted by molar-refractivity contribution is 0.0927. The van der Waals surface area contributed by atoms with Crippen molar-refractivity contribution in [1.82, 2.24) is 19.5 Å². The van der Waals surface area contributed by atoms with E-state index >= 15 is 0 Å². The number of halogens is 1. The van der Waals surface area contributed by atoms with Crippen LogP contribution in [-0.2, 0) is 11.3 Å². The molecular weight excluding hydrogens is 484 g/mol. The highest BCUT2D eigenvalue weighted by molar-refractivity contribution is 6.28. The van der Waals surface area contributed by atoms with Crippen LogP contribution in [0.1, 0.15) is 70.4 Å². The van der Waals surface area contributed by atoms with Crippen molar-refractivity contribution in [2.75, 3.05) is 30.0 Å². The minimum atomic E-state index is 0.102. The predicted molar refractivity (Wildman–Crippen MR) is 149 cm³/mol. The van der Waals surface area contributed by atoms with Gasteiger partial charge in [-0.25, -0.2) is 0 Å². The zero-order chi connectivity index (χ0) is 25.4. The lowest BCUT2D eigenvalue weighted by atomic mass is 9.80. The maximum atomic E-state index is 6.47. The molecular formula is C29H39ClN6O. The molecule has 2 saturated carbocycles. The number of aromatic nitrogens is 4. The van der Waals surface area contributed by atoms with Crippen LogP contribution in [0.5, 0.6) is 0 Å². The molecule has 1 saturated heterocycles. The summed E-state index contributed by atoms with van der Waals surface area (Å²) in [4.78, 5) is 16.9. The highest BCUT2D eigenvalue weighted by Gasteiger charge is 2.32. The van der Waals surface area contributed by atoms with Gasteiger partial charge in [0.2, 0.25) is 11.2 Å². The number of fused-ring (bicyclic) bond motifs is 1. The number of ether oxygens (including phenoxy) is 1. The Morgan fingerprint density at radius 3 is 2.57 bits per heavy atom. The lowest BCUT2D eigenvalue weighted by Crippen LogP contribution is -2.41. The smallest absolute Gasteiger partial charge is 0.226 e. The first-order valence-corrected chi connectivity index (χ1v) is 14.5. The molecule has 1 N–H and O–H groups in total. The highest BCUT2D eigenvalue weighted by Crippen LogP contribution is 2.38. The van der Waals surface area contributed by atoms with Crippen LogP contribution in [0.25, 0.3) is 11.2 Å². The molecule has 3 fully saturated rings. The van der Waals surface area contributed by atoms with E-state index in [0.29, 0.717) is 36.7 Å². The van der Waals surface area contributed by atoms with Gasteiger partial charge in [-0.05, 0) is 67.5 Å². The molecule has 8 heteroatoms. The van der Waals surface area contributed by atoms with Crippen LogP contribution in [0, 0.1) is 17.8 Å². The van der Waals surface area contributed by atoms with Gasteiger partial charge >= 0.3 is 0 Å². The molecule has 2 aliphatic carbocycles. The Hall–Kier alpha value is -2.38. The molecule has 3 aliphatic rings. The molecule has 2 atom stereocenters. The summed E-state index contributed by atoms with van der Waals surface area (Å²) in [5, 5.41) is 3.98. The van der Waals surface area contributed by atoms with Crippen molar-refractivity contribution < 1.29 is 4.74 Å². The highest BCUT2D eigenvalue weighted by atomic mass is 35.5. The minimum absolute atomic E-state index is 0.102. The summed E-state index contributed by atoms with van der Waals surface area (Å²) in [5.74, 6) is 3.90. The van der Waals surface area contributed by atoms with Crippen LogP contribution in [0.3, 0.4) is 0 Å². The second kappa shape index (κ2) is 10.8. The fourth-order valence-corrected chi connectivity index (χ4v) is 6.49. The Labute approximate surface area is 225 Å². The standard InChI is InChI=1S/C29H39ClN6O/c1-19-11-13-21(14-12-19)17-36-25-26(31-20(2)22-9-6-10-22)32-28(30)33-27(25)34-29(36)35-15-16-37-18-24(35)23-7-4-3-5-8-23/h3-5,7-8,19-22,24H,6,9-18H2,1-2H3,(H,31,32,33). The van der Waals surface area contributed by atoms with Crippen molar-refractivity contribution in [3.05, 3.63) is 41.2 Å². The van der Waals surface area contributed by atoms with Crippen molar-refractivity contribution in [3.8, 4) is 0 Å². The first-order valence-electron chi connectivity index (χ1n) is 14.2. The third-order valence-corrected chi connectivity index (χ3v) is 9.09. The number of hydrogen-bond donors (Lipinski definition) is 1. The van der Waals surface area contributed by atoms with Crippen LogP contribution in [0.15, 0.2) is 30.3 Å². The summed E-state index contributed by atoms with van der Waals surface area (Å²) < 4.78 is 8.37. The van der Waals surface area contributed by atoms with Gasteiger partial charge in [0.25, 0.3) is 0 Å². The molecule has 7 nitrogen and oxygen atoms in total. The Kier molecular flexibility index (Phi) is 7.26. The number of nitrogens with one attached hydrogen (secondary N) is 1. The van der Waals surface area contributed by atoms with Gasteiger partial charge in [0.1, 0.15) is 5.52 Å². The molecule has 0 radical (unpaired) electrons. The number of rotatable bonds is 7. The fourth-order valence-electron chi connectivity index (χ4n) is 6.33. The minimum Gasteiger partial charge on any atom is -0.377 e. The van der Waals surface area contributed by atoms with Gasteiger partial charge in [-0.2, -0.15) is 15.0 Å². The van der Waals surface area contributed by atoms with Gasteiger partial charge in [0, 0.05) is 19.1 Å². The molecule has 3 aromatic rings. The molecule has 198 valence electrons. The van der Waals surface area contributed by atoms with Gasteiger partial charge in [-0.1, -0.05) is 56.5 Å². The molecule has 1 aromatic carbocycles. The normalized spacial score (nSPS) is 25.7. The average molecular weight is 523 g/mol. The fraction of sp³-hybridized carbons (Fsp3) is 0.621. The number of nitrogens with zero attached hydrogens (tertiary/aromatic N) is 5. The topological polar surface area (TPSA) is 68.1 Å². The van der Waals surface area contributed by atoms with E-state index in [1.807, 2.05) is 0 Å². The van der Waals surface area contributed by atoms with Crippen LogP contribution < -0.4 is 10.2 Å². The Bertz CT molecular complexity index is 1200. The zero-order valence-corrected chi connectivity index (χ0v) is 22.8. The van der Waals surface area contributed by atoms with E-state index in [0.717, 1.165) is 36.3 Å². The van der Waals surface area contributed by atoms with E-state index in [1.165, 1.54) is 50.5 Å². The van der Waals surface area contributed by atoms with E-state index in [1.54, 1.807) is 0 Å². The number of morpholine rings is 1. The quantitative estimate of drug-likeness (QED) is 0.358. The van der Waals surface area contributed by atoms with Crippen molar-refractivity contribution in [2.24, 2.45) is 17.8 Å². The Morgan fingerprint density at radius 1 is 1.05 bits per heavy atom. The SMILES string of the molecule is CC1CCC(Cn2c(N3CCOCC3c3ccccc3)nc3nc(Cl)nc(NC(C)C4CCC4)c32)CC1. The number of anilines is 2. The Balaban J connectivity index is 1.44. The number of hydrogen-bond acceptors (Lipinski definition) is 6. The van der Waals surface area contributed by atoms with Crippen molar-refractivity contribution in [2.45, 2.75) is 77.4 Å². The second-order valence-corrected chi connectivity index (χ2v) is 11.8. The van der Waals surface area contributed by atoms with Gasteiger partial charge in [-0.15, -0.1) is 0 Å². The first kappa shape index (κ1) is 24.9. The summed E-state index contributed by atoms with van der Waals surface area (Å²) in [6.45, 7) is 7.69. The van der Waals surface area contributed by atoms with E-state index in [4.69, 9.17) is 26.3 Å². The molecule has 0 bridgehead atoms. The van der Waals surface area contributed by atoms with Crippen molar-refractivity contribution in [1.29, 1.82) is 0 Å². The summed E-state index contributed by atoms with van der Waals surface area (Å²) >= 11 is 6.47. The third-order valence-electron chi connectivity index (χ3n) is 8.92. The molecule has 0 amide bonds. The van der Waals surface area contributed by atoms with E-state index < -0.39 is 0 Å². The molecule has 6 rings (SSSR count). The maximum Gasteiger partial charge on any atom is 0.226 e. The van der Waals surface area contributed by atoms with Gasteiger partial charge in [0.15, 0.2) is 11.5 Å². The van der Waals surface area contributed by atoms with Gasteiger partial charge in [-0.3, -0.25) is 0 Å². The summed E-state index contributed by atoms with van der Waals surface area (Å²) in [6, 6.07) is 11.1. The van der Waals surface area contributed by atoms with E-state index in [-0.39, 0.29) is 11.3 Å². The third kappa shape index (κ3) is 5.17. The molecule has 3 heterocycles. The summed E-state index contributed by atoms with van der Waals surface area (Å²) in [6.07, 6.45) is 8.95. The van der Waals surface area contributed by atoms with Crippen molar-refractivity contribution >= 4 is 34.5 Å². The summed E-state index contributed by atoms with van der Waals surface area (Å²) in [7, 11) is 0. The molecule has 1 aliphatic heterocycles. The molecule has 0 spiro atoms. The van der Waals surface area contributed by atoms with Crippen LogP contribution in [0.2, 0.25) is 5.28 Å². The largest absolute Gasteiger partial charge is 0.377 e. The van der Waals surface area contributed by atoms with Crippen LogP contribution in [-0.4, -0.2) is 45.3 Å². The second-order valence-electron chi connectivity index (χ2n) is 11.5. The molecule has 2 unspecified atom stereocenters. The van der Waals surface area contributed by atoms with Crippen molar-refractivity contribution in [3.63, 3.8) is 0 Å². The van der Waals surface area contributed by atoms with E-state index in [9.17, 15) is 0 Å². The van der Waals surface area contributed by atoms with Crippen LogP contribution >= 0.6 is 11.6 Å².